The number of halogens is 1. The standard InChI is InChI=1S/C10H14ClN3O2/c1-4-14(10(2,3)9(15)16)8-6-12-5-7(11)13-8/h5-6H,4H2,1-3H3,(H,15,16). The smallest absolute Gasteiger partial charge is 0.328 e. The lowest BCUT2D eigenvalue weighted by molar-refractivity contribution is -0.142. The third kappa shape index (κ3) is 2.41. The molecule has 1 rings (SSSR count). The molecule has 16 heavy (non-hydrogen) atoms. The van der Waals surface area contributed by atoms with Crippen molar-refractivity contribution in [2.24, 2.45) is 0 Å². The van der Waals surface area contributed by atoms with Crippen molar-refractivity contribution in [2.75, 3.05) is 11.4 Å². The predicted molar refractivity (Wildman–Crippen MR) is 61.8 cm³/mol. The average molecular weight is 244 g/mol. The number of anilines is 1. The highest BCUT2D eigenvalue weighted by molar-refractivity contribution is 6.29. The molecule has 0 aliphatic heterocycles. The Bertz CT molecular complexity index is 395. The molecule has 0 aliphatic carbocycles. The van der Waals surface area contributed by atoms with Gasteiger partial charge in [0.2, 0.25) is 0 Å². The monoisotopic (exact) mass is 243 g/mol. The van der Waals surface area contributed by atoms with Crippen LogP contribution in [0.1, 0.15) is 20.8 Å². The number of carboxylic acids is 1. The number of aliphatic carboxylic acids is 1. The van der Waals surface area contributed by atoms with Crippen molar-refractivity contribution in [2.45, 2.75) is 26.3 Å². The van der Waals surface area contributed by atoms with Gasteiger partial charge in [-0.05, 0) is 20.8 Å². The molecule has 0 spiro atoms. The number of likely N-dealkylation sites (N-methyl/N-ethyl adjacent to an activating group) is 1. The number of hydrogen-bond acceptors (Lipinski definition) is 4. The molecule has 6 heteroatoms. The van der Waals surface area contributed by atoms with Crippen LogP contribution in [0.15, 0.2) is 12.4 Å². The zero-order chi connectivity index (χ0) is 12.3. The van der Waals surface area contributed by atoms with Gasteiger partial charge in [-0.2, -0.15) is 0 Å². The van der Waals surface area contributed by atoms with Gasteiger partial charge in [0.25, 0.3) is 0 Å². The van der Waals surface area contributed by atoms with Gasteiger partial charge in [-0.25, -0.2) is 9.78 Å². The van der Waals surface area contributed by atoms with E-state index in [9.17, 15) is 4.79 Å². The van der Waals surface area contributed by atoms with Crippen LogP contribution in [0.3, 0.4) is 0 Å². The van der Waals surface area contributed by atoms with Gasteiger partial charge in [-0.15, -0.1) is 0 Å². The Labute approximate surface area is 99.1 Å². The summed E-state index contributed by atoms with van der Waals surface area (Å²) in [5.41, 5.74) is -1.05. The lowest BCUT2D eigenvalue weighted by atomic mass is 10.0. The predicted octanol–water partition coefficient (Wildman–Crippen LogP) is 1.82. The van der Waals surface area contributed by atoms with Gasteiger partial charge in [-0.1, -0.05) is 11.6 Å². The summed E-state index contributed by atoms with van der Waals surface area (Å²) in [5.74, 6) is -0.460. The normalized spacial score (nSPS) is 11.2. The fourth-order valence-electron chi connectivity index (χ4n) is 1.42. The zero-order valence-electron chi connectivity index (χ0n) is 9.44. The lowest BCUT2D eigenvalue weighted by Gasteiger charge is -2.34. The number of rotatable bonds is 4. The fraction of sp³-hybridized carbons (Fsp3) is 0.500. The first-order valence-corrected chi connectivity index (χ1v) is 5.26. The molecule has 0 aromatic carbocycles. The van der Waals surface area contributed by atoms with E-state index in [1.807, 2.05) is 6.92 Å². The summed E-state index contributed by atoms with van der Waals surface area (Å²) in [6.45, 7) is 5.59. The van der Waals surface area contributed by atoms with Gasteiger partial charge in [0.1, 0.15) is 16.5 Å². The van der Waals surface area contributed by atoms with E-state index in [2.05, 4.69) is 9.97 Å². The molecule has 1 aromatic heterocycles. The zero-order valence-corrected chi connectivity index (χ0v) is 10.2. The molecule has 1 heterocycles. The summed E-state index contributed by atoms with van der Waals surface area (Å²) >= 11 is 5.73. The summed E-state index contributed by atoms with van der Waals surface area (Å²) in [6, 6.07) is 0. The van der Waals surface area contributed by atoms with Crippen LogP contribution in [0, 0.1) is 0 Å². The van der Waals surface area contributed by atoms with Crippen LogP contribution in [0.5, 0.6) is 0 Å². The molecule has 0 atom stereocenters. The maximum atomic E-state index is 11.2. The number of nitrogens with zero attached hydrogens (tertiary/aromatic N) is 3. The van der Waals surface area contributed by atoms with Gasteiger partial charge in [-0.3, -0.25) is 4.98 Å². The van der Waals surface area contributed by atoms with Gasteiger partial charge >= 0.3 is 5.97 Å². The molecular weight excluding hydrogens is 230 g/mol. The van der Waals surface area contributed by atoms with Gasteiger partial charge < -0.3 is 10.0 Å². The molecule has 0 saturated heterocycles. The quantitative estimate of drug-likeness (QED) is 0.874. The van der Waals surface area contributed by atoms with Gasteiger partial charge in [0.15, 0.2) is 0 Å². The number of hydrogen-bond donors (Lipinski definition) is 1. The largest absolute Gasteiger partial charge is 0.480 e. The molecule has 88 valence electrons. The van der Waals surface area contributed by atoms with Crippen LogP contribution in [0.4, 0.5) is 5.82 Å². The second-order valence-corrected chi connectivity index (χ2v) is 4.20. The van der Waals surface area contributed by atoms with Crippen LogP contribution >= 0.6 is 11.6 Å². The molecule has 0 amide bonds. The summed E-state index contributed by atoms with van der Waals surface area (Å²) in [4.78, 5) is 20.7. The van der Waals surface area contributed by atoms with E-state index in [0.717, 1.165) is 0 Å². The maximum absolute atomic E-state index is 11.2. The van der Waals surface area contributed by atoms with E-state index >= 15 is 0 Å². The van der Waals surface area contributed by atoms with E-state index in [4.69, 9.17) is 16.7 Å². The number of carbonyl (C=O) groups is 1. The van der Waals surface area contributed by atoms with Crippen LogP contribution in [0.25, 0.3) is 0 Å². The highest BCUT2D eigenvalue weighted by Crippen LogP contribution is 2.22. The van der Waals surface area contributed by atoms with E-state index in [1.54, 1.807) is 18.7 Å². The van der Waals surface area contributed by atoms with Crippen LogP contribution in [0.2, 0.25) is 5.15 Å². The van der Waals surface area contributed by atoms with Crippen molar-refractivity contribution < 1.29 is 9.90 Å². The van der Waals surface area contributed by atoms with Crippen LogP contribution < -0.4 is 4.90 Å². The highest BCUT2D eigenvalue weighted by atomic mass is 35.5. The molecular formula is C10H14ClN3O2. The first-order valence-electron chi connectivity index (χ1n) is 4.88. The van der Waals surface area contributed by atoms with Crippen molar-refractivity contribution in [1.29, 1.82) is 0 Å². The van der Waals surface area contributed by atoms with Gasteiger partial charge in [0, 0.05) is 6.54 Å². The summed E-state index contributed by atoms with van der Waals surface area (Å²) < 4.78 is 0. The Morgan fingerprint density at radius 2 is 2.19 bits per heavy atom. The molecule has 0 fully saturated rings. The summed E-state index contributed by atoms with van der Waals surface area (Å²) in [6.07, 6.45) is 2.91. The second kappa shape index (κ2) is 4.65. The Morgan fingerprint density at radius 3 is 2.62 bits per heavy atom. The van der Waals surface area contributed by atoms with E-state index in [0.29, 0.717) is 12.4 Å². The second-order valence-electron chi connectivity index (χ2n) is 3.81. The lowest BCUT2D eigenvalue weighted by Crippen LogP contribution is -2.50. The first-order chi connectivity index (χ1) is 7.39. The average Bonchev–Trinajstić information content (AvgIpc) is 2.18. The molecule has 0 aliphatic rings. The molecule has 0 radical (unpaired) electrons. The number of carboxylic acid groups (broad SMARTS) is 1. The Kier molecular flexibility index (Phi) is 3.70. The topological polar surface area (TPSA) is 66.3 Å². The molecule has 5 nitrogen and oxygen atoms in total. The van der Waals surface area contributed by atoms with E-state index in [1.165, 1.54) is 12.4 Å². The Hall–Kier alpha value is -1.36. The molecule has 0 saturated carbocycles. The Balaban J connectivity index is 3.12. The number of aromatic nitrogens is 2. The van der Waals surface area contributed by atoms with Crippen molar-refractivity contribution in [3.05, 3.63) is 17.5 Å². The van der Waals surface area contributed by atoms with Crippen molar-refractivity contribution in [1.82, 2.24) is 9.97 Å². The van der Waals surface area contributed by atoms with Crippen molar-refractivity contribution in [3.63, 3.8) is 0 Å². The minimum Gasteiger partial charge on any atom is -0.480 e. The third-order valence-corrected chi connectivity index (χ3v) is 2.57. The SMILES string of the molecule is CCN(c1cncc(Cl)n1)C(C)(C)C(=O)O. The van der Waals surface area contributed by atoms with Crippen molar-refractivity contribution >= 4 is 23.4 Å². The molecule has 0 bridgehead atoms. The minimum atomic E-state index is -1.05. The molecule has 1 N–H and O–H groups in total. The van der Waals surface area contributed by atoms with E-state index in [-0.39, 0.29) is 5.15 Å². The Morgan fingerprint density at radius 1 is 1.56 bits per heavy atom. The fourth-order valence-corrected chi connectivity index (χ4v) is 1.56. The van der Waals surface area contributed by atoms with E-state index < -0.39 is 11.5 Å². The maximum Gasteiger partial charge on any atom is 0.328 e. The minimum absolute atomic E-state index is 0.247. The molecule has 1 aromatic rings. The highest BCUT2D eigenvalue weighted by Gasteiger charge is 2.34. The van der Waals surface area contributed by atoms with Crippen LogP contribution in [-0.2, 0) is 4.79 Å². The van der Waals surface area contributed by atoms with Crippen LogP contribution in [-0.4, -0.2) is 33.1 Å². The summed E-state index contributed by atoms with van der Waals surface area (Å²) in [5, 5.41) is 9.40. The third-order valence-electron chi connectivity index (χ3n) is 2.38. The molecule has 0 unspecified atom stereocenters. The van der Waals surface area contributed by atoms with Crippen molar-refractivity contribution in [3.8, 4) is 0 Å². The van der Waals surface area contributed by atoms with Gasteiger partial charge in [0.05, 0.1) is 12.4 Å². The first kappa shape index (κ1) is 12.7. The summed E-state index contributed by atoms with van der Waals surface area (Å²) in [7, 11) is 0.